The SMILES string of the molecule is CC(CO)CNC(=O)C(N)CCS(C)(=O)=O. The molecule has 2 atom stereocenters. The Hall–Kier alpha value is -0.660. The highest BCUT2D eigenvalue weighted by Crippen LogP contribution is 1.95. The second kappa shape index (κ2) is 6.82. The minimum atomic E-state index is -3.09. The predicted molar refractivity (Wildman–Crippen MR) is 61.6 cm³/mol. The van der Waals surface area contributed by atoms with E-state index in [-0.39, 0.29) is 30.6 Å². The molecule has 0 aliphatic heterocycles. The van der Waals surface area contributed by atoms with Gasteiger partial charge in [-0.2, -0.15) is 0 Å². The Kier molecular flexibility index (Phi) is 6.54. The molecule has 6 nitrogen and oxygen atoms in total. The molecule has 0 aromatic heterocycles. The number of rotatable bonds is 7. The first-order valence-corrected chi connectivity index (χ1v) is 7.14. The average molecular weight is 252 g/mol. The van der Waals surface area contributed by atoms with Crippen LogP contribution in [0.5, 0.6) is 0 Å². The third-order valence-electron chi connectivity index (χ3n) is 2.07. The summed E-state index contributed by atoms with van der Waals surface area (Å²) in [6.07, 6.45) is 1.21. The normalized spacial score (nSPS) is 15.5. The third-order valence-corrected chi connectivity index (χ3v) is 3.05. The molecule has 0 rings (SSSR count). The van der Waals surface area contributed by atoms with Crippen molar-refractivity contribution in [3.63, 3.8) is 0 Å². The number of carbonyl (C=O) groups excluding carboxylic acids is 1. The summed E-state index contributed by atoms with van der Waals surface area (Å²) < 4.78 is 21.7. The summed E-state index contributed by atoms with van der Waals surface area (Å²) >= 11 is 0. The molecule has 0 aliphatic rings. The zero-order valence-corrected chi connectivity index (χ0v) is 10.5. The maximum Gasteiger partial charge on any atom is 0.236 e. The summed E-state index contributed by atoms with van der Waals surface area (Å²) in [7, 11) is -3.09. The van der Waals surface area contributed by atoms with Crippen molar-refractivity contribution in [2.24, 2.45) is 11.7 Å². The fraction of sp³-hybridized carbons (Fsp3) is 0.889. The number of sulfone groups is 1. The highest BCUT2D eigenvalue weighted by atomic mass is 32.2. The van der Waals surface area contributed by atoms with Gasteiger partial charge >= 0.3 is 0 Å². The summed E-state index contributed by atoms with van der Waals surface area (Å²) in [5, 5.41) is 11.3. The number of aliphatic hydroxyl groups excluding tert-OH is 1. The Morgan fingerprint density at radius 2 is 2.06 bits per heavy atom. The maximum atomic E-state index is 11.4. The van der Waals surface area contributed by atoms with Crippen LogP contribution < -0.4 is 11.1 Å². The van der Waals surface area contributed by atoms with Crippen LogP contribution in [0.3, 0.4) is 0 Å². The molecular weight excluding hydrogens is 232 g/mol. The van der Waals surface area contributed by atoms with Crippen LogP contribution >= 0.6 is 0 Å². The van der Waals surface area contributed by atoms with Gasteiger partial charge in [0.1, 0.15) is 9.84 Å². The van der Waals surface area contributed by atoms with Crippen LogP contribution in [-0.4, -0.2) is 50.6 Å². The Bertz CT molecular complexity index is 315. The van der Waals surface area contributed by atoms with Gasteiger partial charge in [0.15, 0.2) is 0 Å². The van der Waals surface area contributed by atoms with Gasteiger partial charge < -0.3 is 16.2 Å². The summed E-state index contributed by atoms with van der Waals surface area (Å²) in [5.41, 5.74) is 5.51. The molecule has 0 fully saturated rings. The van der Waals surface area contributed by atoms with Gasteiger partial charge in [0.2, 0.25) is 5.91 Å². The fourth-order valence-corrected chi connectivity index (χ4v) is 1.62. The Labute approximate surface area is 96.1 Å². The second-order valence-electron chi connectivity index (χ2n) is 4.06. The van der Waals surface area contributed by atoms with Crippen molar-refractivity contribution in [2.75, 3.05) is 25.2 Å². The topological polar surface area (TPSA) is 109 Å². The molecule has 96 valence electrons. The number of amides is 1. The van der Waals surface area contributed by atoms with Gasteiger partial charge in [-0.05, 0) is 12.3 Å². The summed E-state index contributed by atoms with van der Waals surface area (Å²) in [5.74, 6) is -0.521. The maximum absolute atomic E-state index is 11.4. The van der Waals surface area contributed by atoms with Crippen LogP contribution in [0.4, 0.5) is 0 Å². The number of carbonyl (C=O) groups is 1. The lowest BCUT2D eigenvalue weighted by atomic mass is 10.2. The predicted octanol–water partition coefficient (Wildman–Crippen LogP) is -1.51. The van der Waals surface area contributed by atoms with E-state index < -0.39 is 15.9 Å². The summed E-state index contributed by atoms with van der Waals surface area (Å²) in [6, 6.07) is -0.819. The van der Waals surface area contributed by atoms with Crippen molar-refractivity contribution >= 4 is 15.7 Å². The van der Waals surface area contributed by atoms with Crippen molar-refractivity contribution in [3.8, 4) is 0 Å². The van der Waals surface area contributed by atoms with Gasteiger partial charge in [-0.25, -0.2) is 8.42 Å². The smallest absolute Gasteiger partial charge is 0.236 e. The van der Waals surface area contributed by atoms with Gasteiger partial charge in [-0.1, -0.05) is 6.92 Å². The molecule has 16 heavy (non-hydrogen) atoms. The van der Waals surface area contributed by atoms with Crippen molar-refractivity contribution in [1.82, 2.24) is 5.32 Å². The Morgan fingerprint density at radius 1 is 1.50 bits per heavy atom. The Morgan fingerprint density at radius 3 is 2.50 bits per heavy atom. The zero-order valence-electron chi connectivity index (χ0n) is 9.64. The van der Waals surface area contributed by atoms with Crippen molar-refractivity contribution in [2.45, 2.75) is 19.4 Å². The van der Waals surface area contributed by atoms with Gasteiger partial charge in [-0.3, -0.25) is 4.79 Å². The van der Waals surface area contributed by atoms with E-state index in [0.717, 1.165) is 6.26 Å². The quantitative estimate of drug-likeness (QED) is 0.510. The lowest BCUT2D eigenvalue weighted by molar-refractivity contribution is -0.122. The van der Waals surface area contributed by atoms with Gasteiger partial charge in [-0.15, -0.1) is 0 Å². The molecule has 7 heteroatoms. The molecule has 0 heterocycles. The van der Waals surface area contributed by atoms with Crippen LogP contribution in [0.15, 0.2) is 0 Å². The average Bonchev–Trinajstić information content (AvgIpc) is 2.20. The molecule has 0 spiro atoms. The molecule has 0 radical (unpaired) electrons. The standard InChI is InChI=1S/C9H20N2O4S/c1-7(6-12)5-11-9(13)8(10)3-4-16(2,14)15/h7-8,12H,3-6,10H2,1-2H3,(H,11,13). The first kappa shape index (κ1) is 15.3. The minimum Gasteiger partial charge on any atom is -0.396 e. The van der Waals surface area contributed by atoms with Crippen molar-refractivity contribution < 1.29 is 18.3 Å². The molecular formula is C9H20N2O4S. The molecule has 0 bridgehead atoms. The van der Waals surface area contributed by atoms with E-state index in [0.29, 0.717) is 6.54 Å². The van der Waals surface area contributed by atoms with E-state index >= 15 is 0 Å². The second-order valence-corrected chi connectivity index (χ2v) is 6.32. The van der Waals surface area contributed by atoms with E-state index in [1.54, 1.807) is 6.92 Å². The van der Waals surface area contributed by atoms with Crippen molar-refractivity contribution in [1.29, 1.82) is 0 Å². The zero-order chi connectivity index (χ0) is 12.8. The van der Waals surface area contributed by atoms with Crippen LogP contribution in [0.2, 0.25) is 0 Å². The Balaban J connectivity index is 3.91. The van der Waals surface area contributed by atoms with Gasteiger partial charge in [0.05, 0.1) is 11.8 Å². The monoisotopic (exact) mass is 252 g/mol. The first-order chi connectivity index (χ1) is 7.26. The lowest BCUT2D eigenvalue weighted by Gasteiger charge is -2.13. The van der Waals surface area contributed by atoms with Gasteiger partial charge in [0, 0.05) is 19.4 Å². The first-order valence-electron chi connectivity index (χ1n) is 5.08. The van der Waals surface area contributed by atoms with E-state index in [4.69, 9.17) is 10.8 Å². The van der Waals surface area contributed by atoms with E-state index in [1.807, 2.05) is 0 Å². The number of hydrogen-bond donors (Lipinski definition) is 3. The molecule has 2 unspecified atom stereocenters. The number of nitrogens with one attached hydrogen (secondary N) is 1. The van der Waals surface area contributed by atoms with Crippen molar-refractivity contribution in [3.05, 3.63) is 0 Å². The van der Waals surface area contributed by atoms with E-state index in [2.05, 4.69) is 5.32 Å². The molecule has 0 aliphatic carbocycles. The van der Waals surface area contributed by atoms with Crippen LogP contribution in [0, 0.1) is 5.92 Å². The number of nitrogens with two attached hydrogens (primary N) is 1. The molecule has 0 aromatic rings. The molecule has 0 saturated carbocycles. The van der Waals surface area contributed by atoms with E-state index in [9.17, 15) is 13.2 Å². The van der Waals surface area contributed by atoms with E-state index in [1.165, 1.54) is 0 Å². The number of aliphatic hydroxyl groups is 1. The lowest BCUT2D eigenvalue weighted by Crippen LogP contribution is -2.43. The molecule has 1 amide bonds. The molecule has 4 N–H and O–H groups in total. The summed E-state index contributed by atoms with van der Waals surface area (Å²) in [6.45, 7) is 2.10. The highest BCUT2D eigenvalue weighted by Gasteiger charge is 2.16. The molecule has 0 saturated heterocycles. The number of hydrogen-bond acceptors (Lipinski definition) is 5. The van der Waals surface area contributed by atoms with Crippen LogP contribution in [0.1, 0.15) is 13.3 Å². The third kappa shape index (κ3) is 7.61. The fourth-order valence-electron chi connectivity index (χ4n) is 0.943. The van der Waals surface area contributed by atoms with Gasteiger partial charge in [0.25, 0.3) is 0 Å². The minimum absolute atomic E-state index is 0.0150. The summed E-state index contributed by atoms with van der Waals surface area (Å²) in [4.78, 5) is 11.4. The van der Waals surface area contributed by atoms with Crippen LogP contribution in [-0.2, 0) is 14.6 Å². The molecule has 0 aromatic carbocycles. The largest absolute Gasteiger partial charge is 0.396 e. The van der Waals surface area contributed by atoms with Crippen LogP contribution in [0.25, 0.3) is 0 Å². The highest BCUT2D eigenvalue weighted by molar-refractivity contribution is 7.90.